The number of benzene rings is 1. The lowest BCUT2D eigenvalue weighted by Gasteiger charge is -2.16. The van der Waals surface area contributed by atoms with Crippen molar-refractivity contribution in [3.05, 3.63) is 41.1 Å². The third-order valence-electron chi connectivity index (χ3n) is 5.04. The number of nitrogens with zero attached hydrogens (tertiary/aromatic N) is 3. The van der Waals surface area contributed by atoms with Crippen LogP contribution in [0.25, 0.3) is 0 Å². The Morgan fingerprint density at radius 3 is 2.67 bits per heavy atom. The number of H-pyrrole nitrogens is 1. The minimum atomic E-state index is -0.160. The molecule has 8 heteroatoms. The first-order valence-corrected chi connectivity index (χ1v) is 9.02. The predicted molar refractivity (Wildman–Crippen MR) is 98.9 cm³/mol. The molecular weight excluding hydrogens is 346 g/mol. The van der Waals surface area contributed by atoms with Crippen molar-refractivity contribution in [3.63, 3.8) is 0 Å². The van der Waals surface area contributed by atoms with E-state index in [1.807, 2.05) is 24.3 Å². The van der Waals surface area contributed by atoms with Gasteiger partial charge in [0.2, 0.25) is 17.7 Å². The Kier molecular flexibility index (Phi) is 4.39. The van der Waals surface area contributed by atoms with Crippen molar-refractivity contribution < 1.29 is 14.4 Å². The van der Waals surface area contributed by atoms with Gasteiger partial charge >= 0.3 is 0 Å². The third-order valence-corrected chi connectivity index (χ3v) is 5.04. The highest BCUT2D eigenvalue weighted by atomic mass is 16.2. The lowest BCUT2D eigenvalue weighted by atomic mass is 10.1. The van der Waals surface area contributed by atoms with Gasteiger partial charge in [0.1, 0.15) is 5.82 Å². The smallest absolute Gasteiger partial charge is 0.229 e. The molecule has 2 aliphatic heterocycles. The SMILES string of the molecule is CC(=O)N1Cc2n[nH]c(NC(=O)Cc3ccc(N4CCCC4=O)cc3)c2C1. The number of aromatic nitrogens is 2. The largest absolute Gasteiger partial charge is 0.332 e. The van der Waals surface area contributed by atoms with E-state index in [2.05, 4.69) is 15.5 Å². The van der Waals surface area contributed by atoms with Crippen LogP contribution in [0.15, 0.2) is 24.3 Å². The first-order chi connectivity index (χ1) is 13.0. The second-order valence-corrected chi connectivity index (χ2v) is 6.94. The summed E-state index contributed by atoms with van der Waals surface area (Å²) in [5.41, 5.74) is 3.39. The van der Waals surface area contributed by atoms with E-state index in [4.69, 9.17) is 0 Å². The second-order valence-electron chi connectivity index (χ2n) is 6.94. The Hall–Kier alpha value is -3.16. The summed E-state index contributed by atoms with van der Waals surface area (Å²) in [5, 5.41) is 9.87. The van der Waals surface area contributed by atoms with Crippen LogP contribution in [-0.2, 0) is 33.9 Å². The van der Waals surface area contributed by atoms with E-state index in [9.17, 15) is 14.4 Å². The molecule has 2 N–H and O–H groups in total. The zero-order valence-electron chi connectivity index (χ0n) is 15.1. The third kappa shape index (κ3) is 3.42. The molecule has 8 nitrogen and oxygen atoms in total. The number of rotatable bonds is 4. The zero-order valence-corrected chi connectivity index (χ0v) is 15.1. The fourth-order valence-corrected chi connectivity index (χ4v) is 3.54. The maximum Gasteiger partial charge on any atom is 0.229 e. The van der Waals surface area contributed by atoms with Gasteiger partial charge in [-0.3, -0.25) is 19.5 Å². The van der Waals surface area contributed by atoms with Crippen molar-refractivity contribution in [1.29, 1.82) is 0 Å². The maximum absolute atomic E-state index is 12.4. The number of nitrogens with one attached hydrogen (secondary N) is 2. The van der Waals surface area contributed by atoms with E-state index in [1.54, 1.807) is 9.80 Å². The van der Waals surface area contributed by atoms with Gasteiger partial charge < -0.3 is 15.1 Å². The molecule has 2 aromatic rings. The van der Waals surface area contributed by atoms with Crippen molar-refractivity contribution in [3.8, 4) is 0 Å². The minimum Gasteiger partial charge on any atom is -0.332 e. The molecule has 0 bridgehead atoms. The van der Waals surface area contributed by atoms with E-state index in [0.29, 0.717) is 25.3 Å². The molecule has 0 aliphatic carbocycles. The van der Waals surface area contributed by atoms with Crippen LogP contribution in [0.1, 0.15) is 36.6 Å². The van der Waals surface area contributed by atoms with Crippen molar-refractivity contribution >= 4 is 29.2 Å². The van der Waals surface area contributed by atoms with Crippen LogP contribution in [0, 0.1) is 0 Å². The molecule has 3 amide bonds. The molecule has 0 unspecified atom stereocenters. The average Bonchev–Trinajstić information content (AvgIpc) is 3.33. The summed E-state index contributed by atoms with van der Waals surface area (Å²) < 4.78 is 0. The van der Waals surface area contributed by atoms with Gasteiger partial charge in [-0.1, -0.05) is 12.1 Å². The molecule has 1 aromatic heterocycles. The van der Waals surface area contributed by atoms with Gasteiger partial charge in [0.05, 0.1) is 25.2 Å². The molecule has 4 rings (SSSR count). The molecule has 2 aliphatic rings. The summed E-state index contributed by atoms with van der Waals surface area (Å²) in [7, 11) is 0. The highest BCUT2D eigenvalue weighted by molar-refractivity contribution is 5.95. The van der Waals surface area contributed by atoms with Gasteiger partial charge in [-0.15, -0.1) is 0 Å². The highest BCUT2D eigenvalue weighted by Crippen LogP contribution is 2.27. The van der Waals surface area contributed by atoms with Crippen LogP contribution in [0.2, 0.25) is 0 Å². The molecule has 1 saturated heterocycles. The first kappa shape index (κ1) is 17.3. The Morgan fingerprint density at radius 2 is 2.00 bits per heavy atom. The molecule has 0 atom stereocenters. The molecule has 0 saturated carbocycles. The fourth-order valence-electron chi connectivity index (χ4n) is 3.54. The Balaban J connectivity index is 1.38. The van der Waals surface area contributed by atoms with E-state index >= 15 is 0 Å². The Labute approximate surface area is 156 Å². The average molecular weight is 367 g/mol. The molecule has 27 heavy (non-hydrogen) atoms. The molecule has 140 valence electrons. The van der Waals surface area contributed by atoms with Gasteiger partial charge in [-0.05, 0) is 24.1 Å². The van der Waals surface area contributed by atoms with Crippen molar-refractivity contribution in [2.75, 3.05) is 16.8 Å². The quantitative estimate of drug-likeness (QED) is 0.857. The van der Waals surface area contributed by atoms with Crippen molar-refractivity contribution in [1.82, 2.24) is 15.1 Å². The number of amides is 3. The van der Waals surface area contributed by atoms with E-state index in [1.165, 1.54) is 6.92 Å². The second kappa shape index (κ2) is 6.86. The Bertz CT molecular complexity index is 903. The van der Waals surface area contributed by atoms with Crippen LogP contribution < -0.4 is 10.2 Å². The summed E-state index contributed by atoms with van der Waals surface area (Å²) in [5.74, 6) is 0.529. The molecule has 1 fully saturated rings. The van der Waals surface area contributed by atoms with Crippen LogP contribution in [0.3, 0.4) is 0 Å². The van der Waals surface area contributed by atoms with Gasteiger partial charge in [-0.25, -0.2) is 0 Å². The normalized spacial score (nSPS) is 16.0. The molecule has 0 spiro atoms. The van der Waals surface area contributed by atoms with Crippen LogP contribution in [0.4, 0.5) is 11.5 Å². The summed E-state index contributed by atoms with van der Waals surface area (Å²) in [6.07, 6.45) is 1.71. The maximum atomic E-state index is 12.4. The van der Waals surface area contributed by atoms with E-state index in [0.717, 1.165) is 35.5 Å². The lowest BCUT2D eigenvalue weighted by Crippen LogP contribution is -2.23. The number of anilines is 2. The highest BCUT2D eigenvalue weighted by Gasteiger charge is 2.27. The minimum absolute atomic E-state index is 0.0122. The standard InChI is InChI=1S/C19H21N5O3/c1-12(25)23-10-15-16(11-23)21-22-19(15)20-17(26)9-13-4-6-14(7-5-13)24-8-2-3-18(24)27/h4-7H,2-3,8-11H2,1H3,(H2,20,21,22,26). The predicted octanol–water partition coefficient (Wildman–Crippen LogP) is 1.58. The number of carbonyl (C=O) groups is 3. The zero-order chi connectivity index (χ0) is 19.0. The summed E-state index contributed by atoms with van der Waals surface area (Å²) in [6, 6.07) is 7.50. The van der Waals surface area contributed by atoms with Crippen LogP contribution in [0.5, 0.6) is 0 Å². The molecule has 0 radical (unpaired) electrons. The van der Waals surface area contributed by atoms with Crippen molar-refractivity contribution in [2.24, 2.45) is 0 Å². The van der Waals surface area contributed by atoms with Crippen LogP contribution >= 0.6 is 0 Å². The molecule has 3 heterocycles. The number of carbonyl (C=O) groups excluding carboxylic acids is 3. The van der Waals surface area contributed by atoms with Gasteiger partial charge in [0.25, 0.3) is 0 Å². The number of hydrogen-bond acceptors (Lipinski definition) is 4. The van der Waals surface area contributed by atoms with E-state index in [-0.39, 0.29) is 24.1 Å². The monoisotopic (exact) mass is 367 g/mol. The molecular formula is C19H21N5O3. The van der Waals surface area contributed by atoms with Gasteiger partial charge in [0, 0.05) is 31.1 Å². The van der Waals surface area contributed by atoms with E-state index < -0.39 is 0 Å². The number of aromatic amines is 1. The fraction of sp³-hybridized carbons (Fsp3) is 0.368. The first-order valence-electron chi connectivity index (χ1n) is 9.02. The van der Waals surface area contributed by atoms with Crippen molar-refractivity contribution in [2.45, 2.75) is 39.3 Å². The molecule has 1 aromatic carbocycles. The Morgan fingerprint density at radius 1 is 1.22 bits per heavy atom. The summed E-state index contributed by atoms with van der Waals surface area (Å²) in [4.78, 5) is 39.1. The summed E-state index contributed by atoms with van der Waals surface area (Å²) >= 11 is 0. The number of hydrogen-bond donors (Lipinski definition) is 2. The van der Waals surface area contributed by atoms with Crippen LogP contribution in [-0.4, -0.2) is 39.4 Å². The van der Waals surface area contributed by atoms with Gasteiger partial charge in [0.15, 0.2) is 0 Å². The van der Waals surface area contributed by atoms with Gasteiger partial charge in [-0.2, -0.15) is 5.10 Å². The summed E-state index contributed by atoms with van der Waals surface area (Å²) in [6.45, 7) is 3.19. The topological polar surface area (TPSA) is 98.4 Å². The number of fused-ring (bicyclic) bond motifs is 1. The lowest BCUT2D eigenvalue weighted by molar-refractivity contribution is -0.129.